The van der Waals surface area contributed by atoms with Gasteiger partial charge in [0.25, 0.3) is 0 Å². The summed E-state index contributed by atoms with van der Waals surface area (Å²) in [5.41, 5.74) is 2.33. The average molecular weight is 173 g/mol. The second-order valence-corrected chi connectivity index (χ2v) is 2.70. The van der Waals surface area contributed by atoms with Crippen LogP contribution in [0.3, 0.4) is 0 Å². The van der Waals surface area contributed by atoms with E-state index in [1.54, 1.807) is 0 Å². The zero-order valence-corrected chi connectivity index (χ0v) is 6.64. The first kappa shape index (κ1) is 7.96. The summed E-state index contributed by atoms with van der Waals surface area (Å²) in [6.07, 6.45) is 1.41. The first-order valence-corrected chi connectivity index (χ1v) is 3.60. The van der Waals surface area contributed by atoms with Crippen molar-refractivity contribution in [2.24, 2.45) is 5.84 Å². The molecule has 1 rings (SSSR count). The molecule has 6 heteroatoms. The van der Waals surface area contributed by atoms with E-state index in [9.17, 15) is 4.79 Å². The minimum absolute atomic E-state index is 0.399. The Morgan fingerprint density at radius 1 is 1.91 bits per heavy atom. The number of nitrogen functional groups attached to an aromatic ring is 1. The predicted octanol–water partition coefficient (Wildman–Crippen LogP) is 0.215. The number of anilines is 1. The van der Waals surface area contributed by atoms with Crippen LogP contribution in [0.1, 0.15) is 9.67 Å². The largest absolute Gasteiger partial charge is 0.465 e. The maximum Gasteiger partial charge on any atom is 0.349 e. The molecule has 0 unspecified atom stereocenters. The van der Waals surface area contributed by atoms with Gasteiger partial charge in [-0.3, -0.25) is 5.43 Å². The number of carbonyl (C=O) groups is 1. The third-order valence-electron chi connectivity index (χ3n) is 1.02. The molecule has 1 aromatic rings. The van der Waals surface area contributed by atoms with E-state index >= 15 is 0 Å². The molecule has 0 atom stereocenters. The summed E-state index contributed by atoms with van der Waals surface area (Å²) in [6.45, 7) is 0. The van der Waals surface area contributed by atoms with Crippen molar-refractivity contribution in [3.05, 3.63) is 11.1 Å². The highest BCUT2D eigenvalue weighted by atomic mass is 32.1. The molecule has 1 heterocycles. The molecule has 0 aliphatic carbocycles. The maximum atomic E-state index is 10.8. The number of hydrazine groups is 1. The fourth-order valence-electron chi connectivity index (χ4n) is 0.536. The molecule has 0 saturated heterocycles. The highest BCUT2D eigenvalue weighted by Crippen LogP contribution is 2.16. The van der Waals surface area contributed by atoms with Crippen LogP contribution in [0.2, 0.25) is 0 Å². The van der Waals surface area contributed by atoms with Gasteiger partial charge in [0, 0.05) is 0 Å². The lowest BCUT2D eigenvalue weighted by molar-refractivity contribution is 0.0606. The number of rotatable bonds is 2. The first-order valence-electron chi connectivity index (χ1n) is 2.78. The molecule has 0 saturated carbocycles. The summed E-state index contributed by atoms with van der Waals surface area (Å²) in [7, 11) is 1.32. The van der Waals surface area contributed by atoms with Crippen molar-refractivity contribution in [3.63, 3.8) is 0 Å². The standard InChI is InChI=1S/C5H7N3O2S/c1-10-4(9)3-2-7-5(8-6)11-3/h2H,6H2,1H3,(H,7,8). The van der Waals surface area contributed by atoms with E-state index < -0.39 is 5.97 Å². The highest BCUT2D eigenvalue weighted by molar-refractivity contribution is 7.17. The van der Waals surface area contributed by atoms with Crippen LogP contribution in [0.4, 0.5) is 5.13 Å². The smallest absolute Gasteiger partial charge is 0.349 e. The molecule has 0 fully saturated rings. The van der Waals surface area contributed by atoms with Gasteiger partial charge in [-0.25, -0.2) is 15.6 Å². The average Bonchev–Trinajstić information content (AvgIpc) is 2.50. The minimum Gasteiger partial charge on any atom is -0.465 e. The van der Waals surface area contributed by atoms with Gasteiger partial charge in [-0.1, -0.05) is 11.3 Å². The van der Waals surface area contributed by atoms with Gasteiger partial charge in [-0.2, -0.15) is 0 Å². The number of thiazole rings is 1. The van der Waals surface area contributed by atoms with E-state index in [-0.39, 0.29) is 0 Å². The number of carbonyl (C=O) groups excluding carboxylic acids is 1. The number of nitrogens with one attached hydrogen (secondary N) is 1. The molecule has 0 amide bonds. The summed E-state index contributed by atoms with van der Waals surface area (Å²) in [4.78, 5) is 15.0. The Kier molecular flexibility index (Phi) is 2.40. The van der Waals surface area contributed by atoms with E-state index in [1.807, 2.05) is 0 Å². The summed E-state index contributed by atoms with van der Waals surface area (Å²) < 4.78 is 4.46. The maximum absolute atomic E-state index is 10.8. The van der Waals surface area contributed by atoms with Crippen molar-refractivity contribution in [1.29, 1.82) is 0 Å². The van der Waals surface area contributed by atoms with E-state index in [0.717, 1.165) is 11.3 Å². The molecule has 0 radical (unpaired) electrons. The number of nitrogens with two attached hydrogens (primary N) is 1. The van der Waals surface area contributed by atoms with Gasteiger partial charge < -0.3 is 4.74 Å². The molecule has 60 valence electrons. The fourth-order valence-corrected chi connectivity index (χ4v) is 1.18. The Balaban J connectivity index is 2.80. The van der Waals surface area contributed by atoms with Crippen molar-refractivity contribution in [1.82, 2.24) is 4.98 Å². The van der Waals surface area contributed by atoms with Crippen molar-refractivity contribution in [2.75, 3.05) is 12.5 Å². The lowest BCUT2D eigenvalue weighted by Crippen LogP contribution is -2.05. The number of hydrogen-bond acceptors (Lipinski definition) is 6. The second kappa shape index (κ2) is 3.31. The number of aromatic nitrogens is 1. The van der Waals surface area contributed by atoms with Crippen molar-refractivity contribution in [2.45, 2.75) is 0 Å². The SMILES string of the molecule is COC(=O)c1cnc(NN)s1. The zero-order chi connectivity index (χ0) is 8.27. The van der Waals surface area contributed by atoms with Crippen molar-refractivity contribution >= 4 is 22.4 Å². The van der Waals surface area contributed by atoms with Crippen LogP contribution in [-0.2, 0) is 4.74 Å². The lowest BCUT2D eigenvalue weighted by Gasteiger charge is -1.90. The quantitative estimate of drug-likeness (QED) is 0.380. The first-order chi connectivity index (χ1) is 5.27. The van der Waals surface area contributed by atoms with Crippen LogP contribution in [-0.4, -0.2) is 18.1 Å². The Hall–Kier alpha value is -1.14. The molecule has 0 spiro atoms. The van der Waals surface area contributed by atoms with Crippen LogP contribution >= 0.6 is 11.3 Å². The van der Waals surface area contributed by atoms with Crippen molar-refractivity contribution < 1.29 is 9.53 Å². The second-order valence-electron chi connectivity index (χ2n) is 1.67. The topological polar surface area (TPSA) is 77.2 Å². The summed E-state index contributed by atoms with van der Waals surface area (Å²) in [5.74, 6) is 4.65. The Morgan fingerprint density at radius 3 is 3.09 bits per heavy atom. The molecular formula is C5H7N3O2S. The fraction of sp³-hybridized carbons (Fsp3) is 0.200. The van der Waals surface area contributed by atoms with Crippen LogP contribution in [0, 0.1) is 0 Å². The zero-order valence-electron chi connectivity index (χ0n) is 5.83. The van der Waals surface area contributed by atoms with E-state index in [2.05, 4.69) is 15.1 Å². The third kappa shape index (κ3) is 1.66. The van der Waals surface area contributed by atoms with Gasteiger partial charge in [-0.15, -0.1) is 0 Å². The molecule has 0 aliphatic rings. The Bertz CT molecular complexity index is 260. The molecule has 3 N–H and O–H groups in total. The summed E-state index contributed by atoms with van der Waals surface area (Å²) in [5, 5.41) is 0.491. The predicted molar refractivity (Wildman–Crippen MR) is 41.3 cm³/mol. The minimum atomic E-state index is -0.399. The monoisotopic (exact) mass is 173 g/mol. The van der Waals surface area contributed by atoms with Gasteiger partial charge >= 0.3 is 5.97 Å². The molecule has 11 heavy (non-hydrogen) atoms. The Morgan fingerprint density at radius 2 is 2.64 bits per heavy atom. The van der Waals surface area contributed by atoms with Crippen LogP contribution in [0.15, 0.2) is 6.20 Å². The Labute approximate surface area is 67.2 Å². The lowest BCUT2D eigenvalue weighted by atomic mass is 10.6. The van der Waals surface area contributed by atoms with Gasteiger partial charge in [0.05, 0.1) is 13.3 Å². The number of methoxy groups -OCH3 is 1. The number of ether oxygens (including phenoxy) is 1. The molecule has 0 aromatic carbocycles. The van der Waals surface area contributed by atoms with Crippen molar-refractivity contribution in [3.8, 4) is 0 Å². The summed E-state index contributed by atoms with van der Waals surface area (Å²) in [6, 6.07) is 0. The van der Waals surface area contributed by atoms with Gasteiger partial charge in [0.15, 0.2) is 5.13 Å². The van der Waals surface area contributed by atoms with Gasteiger partial charge in [-0.05, 0) is 0 Å². The van der Waals surface area contributed by atoms with Crippen LogP contribution < -0.4 is 11.3 Å². The summed E-state index contributed by atoms with van der Waals surface area (Å²) >= 11 is 1.14. The number of esters is 1. The van der Waals surface area contributed by atoms with Gasteiger partial charge in [0.2, 0.25) is 0 Å². The van der Waals surface area contributed by atoms with E-state index in [4.69, 9.17) is 5.84 Å². The molecule has 0 aliphatic heterocycles. The van der Waals surface area contributed by atoms with E-state index in [0.29, 0.717) is 10.0 Å². The highest BCUT2D eigenvalue weighted by Gasteiger charge is 2.08. The number of nitrogens with zero attached hydrogens (tertiary/aromatic N) is 1. The molecule has 1 aromatic heterocycles. The number of hydrogen-bond donors (Lipinski definition) is 2. The van der Waals surface area contributed by atoms with E-state index in [1.165, 1.54) is 13.3 Å². The normalized spacial score (nSPS) is 9.27. The van der Waals surface area contributed by atoms with Crippen LogP contribution in [0.25, 0.3) is 0 Å². The third-order valence-corrected chi connectivity index (χ3v) is 1.92. The molecule has 0 bridgehead atoms. The van der Waals surface area contributed by atoms with Gasteiger partial charge in [0.1, 0.15) is 4.88 Å². The molecule has 5 nitrogen and oxygen atoms in total. The molecular weight excluding hydrogens is 166 g/mol. The van der Waals surface area contributed by atoms with Crippen LogP contribution in [0.5, 0.6) is 0 Å².